The van der Waals surface area contributed by atoms with E-state index in [9.17, 15) is 4.79 Å². The number of nitrogens with one attached hydrogen (secondary N) is 2. The van der Waals surface area contributed by atoms with Crippen LogP contribution in [0.15, 0.2) is 47.1 Å². The quantitative estimate of drug-likeness (QED) is 0.883. The highest BCUT2D eigenvalue weighted by Crippen LogP contribution is 2.20. The summed E-state index contributed by atoms with van der Waals surface area (Å²) in [7, 11) is 0. The molecule has 0 saturated carbocycles. The molecule has 1 amide bonds. The molecule has 2 rings (SSSR count). The molecule has 2 aromatic rings. The lowest BCUT2D eigenvalue weighted by atomic mass is 10.2. The molecule has 4 nitrogen and oxygen atoms in total. The summed E-state index contributed by atoms with van der Waals surface area (Å²) in [6.07, 6.45) is 1.61. The molecule has 1 aromatic heterocycles. The number of hydrogen-bond acceptors (Lipinski definition) is 3. The van der Waals surface area contributed by atoms with Crippen molar-refractivity contribution in [1.29, 1.82) is 0 Å². The lowest BCUT2D eigenvalue weighted by Gasteiger charge is -2.12. The van der Waals surface area contributed by atoms with E-state index in [4.69, 9.17) is 16.0 Å². The van der Waals surface area contributed by atoms with E-state index >= 15 is 0 Å². The fourth-order valence-electron chi connectivity index (χ4n) is 1.64. The van der Waals surface area contributed by atoms with E-state index in [0.717, 1.165) is 5.76 Å². The number of anilines is 1. The summed E-state index contributed by atoms with van der Waals surface area (Å²) >= 11 is 5.96. The molecule has 1 heterocycles. The monoisotopic (exact) mass is 278 g/mol. The van der Waals surface area contributed by atoms with Crippen LogP contribution in [0.2, 0.25) is 5.02 Å². The second kappa shape index (κ2) is 6.41. The Morgan fingerprint density at radius 3 is 2.79 bits per heavy atom. The van der Waals surface area contributed by atoms with Crippen molar-refractivity contribution in [1.82, 2.24) is 5.32 Å². The standard InChI is InChI=1S/C14H15ClN2O2/c1-10(13-7-4-8-19-13)16-9-14(18)17-12-6-3-2-5-11(12)15/h2-8,10,16H,9H2,1H3,(H,17,18). The van der Waals surface area contributed by atoms with Crippen LogP contribution in [-0.4, -0.2) is 12.5 Å². The van der Waals surface area contributed by atoms with Crippen LogP contribution in [0.3, 0.4) is 0 Å². The number of halogens is 1. The summed E-state index contributed by atoms with van der Waals surface area (Å²) in [6, 6.07) is 10.8. The maximum absolute atomic E-state index is 11.8. The van der Waals surface area contributed by atoms with Gasteiger partial charge in [-0.3, -0.25) is 10.1 Å². The molecule has 5 heteroatoms. The molecule has 1 atom stereocenters. The molecule has 100 valence electrons. The fraction of sp³-hybridized carbons (Fsp3) is 0.214. The molecule has 0 fully saturated rings. The Kier molecular flexibility index (Phi) is 4.60. The molecular formula is C14H15ClN2O2. The summed E-state index contributed by atoms with van der Waals surface area (Å²) in [4.78, 5) is 11.8. The molecule has 0 saturated heterocycles. The van der Waals surface area contributed by atoms with Gasteiger partial charge in [-0.1, -0.05) is 23.7 Å². The van der Waals surface area contributed by atoms with Gasteiger partial charge in [0.05, 0.1) is 29.6 Å². The first-order chi connectivity index (χ1) is 9.16. The Hall–Kier alpha value is -1.78. The molecule has 0 spiro atoms. The highest BCUT2D eigenvalue weighted by Gasteiger charge is 2.10. The fourth-order valence-corrected chi connectivity index (χ4v) is 1.82. The van der Waals surface area contributed by atoms with Gasteiger partial charge in [0.25, 0.3) is 0 Å². The average Bonchev–Trinajstić information content (AvgIpc) is 2.93. The van der Waals surface area contributed by atoms with Crippen LogP contribution in [-0.2, 0) is 4.79 Å². The normalized spacial score (nSPS) is 12.1. The molecule has 0 radical (unpaired) electrons. The lowest BCUT2D eigenvalue weighted by Crippen LogP contribution is -2.30. The first kappa shape index (κ1) is 13.6. The maximum Gasteiger partial charge on any atom is 0.238 e. The van der Waals surface area contributed by atoms with E-state index in [1.54, 1.807) is 18.4 Å². The van der Waals surface area contributed by atoms with Crippen LogP contribution in [0.25, 0.3) is 0 Å². The zero-order valence-corrected chi connectivity index (χ0v) is 11.3. The zero-order chi connectivity index (χ0) is 13.7. The molecule has 0 aliphatic rings. The van der Waals surface area contributed by atoms with Gasteiger partial charge in [0.2, 0.25) is 5.91 Å². The van der Waals surface area contributed by atoms with Crippen LogP contribution >= 0.6 is 11.6 Å². The maximum atomic E-state index is 11.8. The predicted molar refractivity (Wildman–Crippen MR) is 75.2 cm³/mol. The Bertz CT molecular complexity index is 540. The second-order valence-electron chi connectivity index (χ2n) is 4.15. The lowest BCUT2D eigenvalue weighted by molar-refractivity contribution is -0.115. The molecule has 2 N–H and O–H groups in total. The zero-order valence-electron chi connectivity index (χ0n) is 10.5. The molecule has 0 bridgehead atoms. The summed E-state index contributed by atoms with van der Waals surface area (Å²) < 4.78 is 5.25. The third-order valence-electron chi connectivity index (χ3n) is 2.69. The van der Waals surface area contributed by atoms with Gasteiger partial charge in [0, 0.05) is 0 Å². The van der Waals surface area contributed by atoms with Crippen LogP contribution < -0.4 is 10.6 Å². The minimum Gasteiger partial charge on any atom is -0.468 e. The largest absolute Gasteiger partial charge is 0.468 e. The number of carbonyl (C=O) groups is 1. The number of para-hydroxylation sites is 1. The number of furan rings is 1. The van der Waals surface area contributed by atoms with Crippen molar-refractivity contribution < 1.29 is 9.21 Å². The van der Waals surface area contributed by atoms with Gasteiger partial charge >= 0.3 is 0 Å². The van der Waals surface area contributed by atoms with E-state index in [0.29, 0.717) is 10.7 Å². The van der Waals surface area contributed by atoms with Crippen molar-refractivity contribution >= 4 is 23.2 Å². The minimum absolute atomic E-state index is 0.0213. The minimum atomic E-state index is -0.147. The Labute approximate surface area is 116 Å². The van der Waals surface area contributed by atoms with Crippen molar-refractivity contribution in [2.24, 2.45) is 0 Å². The van der Waals surface area contributed by atoms with E-state index < -0.39 is 0 Å². The van der Waals surface area contributed by atoms with Gasteiger partial charge in [0.1, 0.15) is 5.76 Å². The SMILES string of the molecule is CC(NCC(=O)Nc1ccccc1Cl)c1ccco1. The molecule has 1 aromatic carbocycles. The molecule has 0 aliphatic carbocycles. The van der Waals surface area contributed by atoms with Crippen molar-refractivity contribution in [2.75, 3.05) is 11.9 Å². The van der Waals surface area contributed by atoms with Gasteiger partial charge in [-0.2, -0.15) is 0 Å². The smallest absolute Gasteiger partial charge is 0.238 e. The third kappa shape index (κ3) is 3.84. The summed E-state index contributed by atoms with van der Waals surface area (Å²) in [5.41, 5.74) is 0.613. The van der Waals surface area contributed by atoms with Gasteiger partial charge in [-0.15, -0.1) is 0 Å². The van der Waals surface area contributed by atoms with Gasteiger partial charge in [0.15, 0.2) is 0 Å². The van der Waals surface area contributed by atoms with Gasteiger partial charge < -0.3 is 9.73 Å². The van der Waals surface area contributed by atoms with Crippen molar-refractivity contribution in [3.8, 4) is 0 Å². The molecular weight excluding hydrogens is 264 g/mol. The van der Waals surface area contributed by atoms with Gasteiger partial charge in [-0.25, -0.2) is 0 Å². The van der Waals surface area contributed by atoms with Crippen molar-refractivity contribution in [3.05, 3.63) is 53.4 Å². The molecule has 19 heavy (non-hydrogen) atoms. The second-order valence-corrected chi connectivity index (χ2v) is 4.55. The Morgan fingerprint density at radius 2 is 2.11 bits per heavy atom. The summed E-state index contributed by atoms with van der Waals surface area (Å²) in [6.45, 7) is 2.12. The van der Waals surface area contributed by atoms with Crippen LogP contribution in [0.5, 0.6) is 0 Å². The van der Waals surface area contributed by atoms with E-state index in [-0.39, 0.29) is 18.5 Å². The highest BCUT2D eigenvalue weighted by atomic mass is 35.5. The summed E-state index contributed by atoms with van der Waals surface area (Å²) in [5, 5.41) is 6.35. The van der Waals surface area contributed by atoms with Crippen LogP contribution in [0.1, 0.15) is 18.7 Å². The number of hydrogen-bond donors (Lipinski definition) is 2. The Balaban J connectivity index is 1.84. The van der Waals surface area contributed by atoms with Crippen LogP contribution in [0.4, 0.5) is 5.69 Å². The highest BCUT2D eigenvalue weighted by molar-refractivity contribution is 6.33. The van der Waals surface area contributed by atoms with E-state index in [2.05, 4.69) is 10.6 Å². The summed E-state index contributed by atoms with van der Waals surface area (Å²) in [5.74, 6) is 0.650. The topological polar surface area (TPSA) is 54.3 Å². The van der Waals surface area contributed by atoms with Crippen molar-refractivity contribution in [2.45, 2.75) is 13.0 Å². The number of benzene rings is 1. The first-order valence-electron chi connectivity index (χ1n) is 5.98. The predicted octanol–water partition coefficient (Wildman–Crippen LogP) is 3.22. The van der Waals surface area contributed by atoms with E-state index in [1.807, 2.05) is 31.2 Å². The number of rotatable bonds is 5. The number of carbonyl (C=O) groups excluding carboxylic acids is 1. The van der Waals surface area contributed by atoms with Crippen LogP contribution in [0, 0.1) is 0 Å². The number of amides is 1. The van der Waals surface area contributed by atoms with E-state index in [1.165, 1.54) is 0 Å². The third-order valence-corrected chi connectivity index (χ3v) is 3.02. The Morgan fingerprint density at radius 1 is 1.32 bits per heavy atom. The first-order valence-corrected chi connectivity index (χ1v) is 6.36. The van der Waals surface area contributed by atoms with Crippen molar-refractivity contribution in [3.63, 3.8) is 0 Å². The van der Waals surface area contributed by atoms with Gasteiger partial charge in [-0.05, 0) is 31.2 Å². The average molecular weight is 279 g/mol. The molecule has 1 unspecified atom stereocenters. The molecule has 0 aliphatic heterocycles.